The molecule has 0 radical (unpaired) electrons. The molecule has 0 bridgehead atoms. The van der Waals surface area contributed by atoms with E-state index < -0.39 is 0 Å². The number of nitrogens with one attached hydrogen (secondary N) is 1. The van der Waals surface area contributed by atoms with Gasteiger partial charge in [0.1, 0.15) is 5.82 Å². The van der Waals surface area contributed by atoms with E-state index in [0.29, 0.717) is 5.92 Å². The molecule has 2 heterocycles. The van der Waals surface area contributed by atoms with Gasteiger partial charge in [-0.25, -0.2) is 4.98 Å². The van der Waals surface area contributed by atoms with Crippen molar-refractivity contribution in [3.05, 3.63) is 115 Å². The van der Waals surface area contributed by atoms with E-state index in [1.807, 2.05) is 11.8 Å². The highest BCUT2D eigenvalue weighted by atomic mass is 32.2. The molecule has 0 saturated heterocycles. The van der Waals surface area contributed by atoms with Crippen molar-refractivity contribution in [3.8, 4) is 0 Å². The lowest BCUT2D eigenvalue weighted by molar-refractivity contribution is 0.498. The molecule has 37 heavy (non-hydrogen) atoms. The highest BCUT2D eigenvalue weighted by Gasteiger charge is 2.24. The Bertz CT molecular complexity index is 1450. The van der Waals surface area contributed by atoms with Gasteiger partial charge in [-0.05, 0) is 54.4 Å². The van der Waals surface area contributed by atoms with E-state index in [2.05, 4.69) is 125 Å². The first-order chi connectivity index (χ1) is 18.3. The van der Waals surface area contributed by atoms with Crippen molar-refractivity contribution in [2.45, 2.75) is 29.7 Å². The van der Waals surface area contributed by atoms with Crippen molar-refractivity contribution < 1.29 is 0 Å². The summed E-state index contributed by atoms with van der Waals surface area (Å²) in [7, 11) is 0. The molecule has 4 nitrogen and oxygen atoms in total. The molecule has 4 aromatic carbocycles. The minimum Gasteiger partial charge on any atom is -0.339 e. The Kier molecular flexibility index (Phi) is 6.98. The van der Waals surface area contributed by atoms with Crippen LogP contribution in [-0.2, 0) is 13.0 Å². The van der Waals surface area contributed by atoms with Crippen LogP contribution < -0.4 is 10.2 Å². The summed E-state index contributed by atoms with van der Waals surface area (Å²) in [5, 5.41) is 3.74. The van der Waals surface area contributed by atoms with Gasteiger partial charge in [0.15, 0.2) is 0 Å². The third kappa shape index (κ3) is 5.15. The molecule has 0 fully saturated rings. The van der Waals surface area contributed by atoms with E-state index in [1.165, 1.54) is 32.2 Å². The van der Waals surface area contributed by atoms with Crippen LogP contribution in [-0.4, -0.2) is 29.2 Å². The minimum atomic E-state index is 0.493. The molecule has 5 aromatic rings. The molecule has 1 N–H and O–H groups in total. The Morgan fingerprint density at radius 1 is 0.784 bits per heavy atom. The van der Waals surface area contributed by atoms with E-state index in [1.54, 1.807) is 0 Å². The summed E-state index contributed by atoms with van der Waals surface area (Å²) in [6, 6.07) is 36.6. The summed E-state index contributed by atoms with van der Waals surface area (Å²) >= 11 is 1.87. The first-order valence-corrected chi connectivity index (χ1v) is 13.9. The number of benzene rings is 4. The first kappa shape index (κ1) is 23.8. The smallest absolute Gasteiger partial charge is 0.114 e. The predicted octanol–water partition coefficient (Wildman–Crippen LogP) is 7.16. The number of rotatable bonds is 9. The maximum absolute atomic E-state index is 4.97. The highest BCUT2D eigenvalue weighted by Crippen LogP contribution is 2.47. The molecule has 1 atom stereocenters. The van der Waals surface area contributed by atoms with Gasteiger partial charge < -0.3 is 14.8 Å². The molecule has 1 aromatic heterocycles. The summed E-state index contributed by atoms with van der Waals surface area (Å²) in [6.45, 7) is 6.10. The van der Waals surface area contributed by atoms with Gasteiger partial charge in [-0.3, -0.25) is 0 Å². The number of aromatic nitrogens is 2. The number of imidazole rings is 1. The van der Waals surface area contributed by atoms with Crippen molar-refractivity contribution >= 4 is 34.2 Å². The molecular formula is C32H32N4S. The lowest BCUT2D eigenvalue weighted by Gasteiger charge is -2.34. The first-order valence-electron chi connectivity index (χ1n) is 13.1. The maximum atomic E-state index is 4.97. The van der Waals surface area contributed by atoms with Crippen LogP contribution in [0, 0.1) is 5.92 Å². The van der Waals surface area contributed by atoms with Crippen molar-refractivity contribution in [1.29, 1.82) is 0 Å². The second-order valence-corrected chi connectivity index (χ2v) is 10.9. The van der Waals surface area contributed by atoms with Gasteiger partial charge in [-0.2, -0.15) is 0 Å². The van der Waals surface area contributed by atoms with E-state index in [-0.39, 0.29) is 0 Å². The van der Waals surface area contributed by atoms with Crippen molar-refractivity contribution in [2.75, 3.05) is 24.5 Å². The van der Waals surface area contributed by atoms with E-state index in [4.69, 9.17) is 4.98 Å². The van der Waals surface area contributed by atoms with E-state index in [0.717, 1.165) is 43.9 Å². The molecule has 0 amide bonds. The zero-order valence-corrected chi connectivity index (χ0v) is 22.0. The fourth-order valence-electron chi connectivity index (χ4n) is 5.18. The molecule has 5 heteroatoms. The average Bonchev–Trinajstić information content (AvgIpc) is 3.28. The minimum absolute atomic E-state index is 0.493. The maximum Gasteiger partial charge on any atom is 0.114 e. The Morgan fingerprint density at radius 2 is 1.43 bits per heavy atom. The molecule has 186 valence electrons. The van der Waals surface area contributed by atoms with Crippen LogP contribution in [0.5, 0.6) is 0 Å². The third-order valence-electron chi connectivity index (χ3n) is 6.97. The van der Waals surface area contributed by atoms with Crippen molar-refractivity contribution in [2.24, 2.45) is 5.92 Å². The molecule has 0 spiro atoms. The molecule has 1 aliphatic rings. The quantitative estimate of drug-likeness (QED) is 0.216. The standard InChI is InChI=1S/C32H32N4S/c1-24(23-36-28-15-7-9-17-30(28)37-31-18-10-8-16-29(31)36)22-33-19-20-35-27-14-6-5-13-26(27)34-32(35)21-25-11-3-2-4-12-25/h2-18,24,33H,19-23H2,1H3. The summed E-state index contributed by atoms with van der Waals surface area (Å²) in [5.41, 5.74) is 6.20. The molecule has 1 unspecified atom stereocenters. The topological polar surface area (TPSA) is 33.1 Å². The molecule has 1 aliphatic heterocycles. The lowest BCUT2D eigenvalue weighted by Crippen LogP contribution is -2.33. The van der Waals surface area contributed by atoms with Crippen molar-refractivity contribution in [1.82, 2.24) is 14.9 Å². The van der Waals surface area contributed by atoms with Crippen LogP contribution >= 0.6 is 11.8 Å². The average molecular weight is 505 g/mol. The predicted molar refractivity (Wildman–Crippen MR) is 155 cm³/mol. The molecule has 6 rings (SSSR count). The molecule has 0 aliphatic carbocycles. The Labute approximate surface area is 223 Å². The van der Waals surface area contributed by atoms with Crippen molar-refractivity contribution in [3.63, 3.8) is 0 Å². The van der Waals surface area contributed by atoms with Crippen LogP contribution in [0.1, 0.15) is 18.3 Å². The van der Waals surface area contributed by atoms with Crippen LogP contribution in [0.3, 0.4) is 0 Å². The lowest BCUT2D eigenvalue weighted by atomic mass is 10.1. The third-order valence-corrected chi connectivity index (χ3v) is 8.10. The van der Waals surface area contributed by atoms with Gasteiger partial charge in [0.25, 0.3) is 0 Å². The zero-order valence-electron chi connectivity index (χ0n) is 21.2. The second-order valence-electron chi connectivity index (χ2n) is 9.79. The molecule has 0 saturated carbocycles. The summed E-state index contributed by atoms with van der Waals surface area (Å²) < 4.78 is 2.38. The monoisotopic (exact) mass is 504 g/mol. The van der Waals surface area contributed by atoms with E-state index in [9.17, 15) is 0 Å². The van der Waals surface area contributed by atoms with Crippen LogP contribution in [0.25, 0.3) is 11.0 Å². The van der Waals surface area contributed by atoms with Gasteiger partial charge >= 0.3 is 0 Å². The van der Waals surface area contributed by atoms with Gasteiger partial charge in [0.2, 0.25) is 0 Å². The summed E-state index contributed by atoms with van der Waals surface area (Å²) in [6.07, 6.45) is 0.845. The van der Waals surface area contributed by atoms with Crippen LogP contribution in [0.15, 0.2) is 113 Å². The normalized spacial score (nSPS) is 13.4. The van der Waals surface area contributed by atoms with Gasteiger partial charge in [-0.1, -0.05) is 85.4 Å². The van der Waals surface area contributed by atoms with Gasteiger partial charge in [-0.15, -0.1) is 0 Å². The SMILES string of the molecule is CC(CNCCn1c(Cc2ccccc2)nc2ccccc21)CN1c2ccccc2Sc2ccccc21. The number of hydrogen-bond acceptors (Lipinski definition) is 4. The number of fused-ring (bicyclic) bond motifs is 3. The Hall–Kier alpha value is -3.54. The zero-order chi connectivity index (χ0) is 25.0. The number of nitrogens with zero attached hydrogens (tertiary/aromatic N) is 3. The second kappa shape index (κ2) is 10.8. The number of para-hydroxylation sites is 4. The Balaban J connectivity index is 1.12. The van der Waals surface area contributed by atoms with Crippen LogP contribution in [0.2, 0.25) is 0 Å². The van der Waals surface area contributed by atoms with Gasteiger partial charge in [0, 0.05) is 35.8 Å². The van der Waals surface area contributed by atoms with Crippen LogP contribution in [0.4, 0.5) is 11.4 Å². The molecular weight excluding hydrogens is 472 g/mol. The van der Waals surface area contributed by atoms with E-state index >= 15 is 0 Å². The largest absolute Gasteiger partial charge is 0.339 e. The highest BCUT2D eigenvalue weighted by molar-refractivity contribution is 7.99. The fourth-order valence-corrected chi connectivity index (χ4v) is 6.28. The number of anilines is 2. The Morgan fingerprint density at radius 3 is 2.19 bits per heavy atom. The van der Waals surface area contributed by atoms with Gasteiger partial charge in [0.05, 0.1) is 22.4 Å². The summed E-state index contributed by atoms with van der Waals surface area (Å²) in [4.78, 5) is 10.1. The summed E-state index contributed by atoms with van der Waals surface area (Å²) in [5.74, 6) is 1.62. The fraction of sp³-hybridized carbons (Fsp3) is 0.219. The number of hydrogen-bond donors (Lipinski definition) is 1.